The minimum Gasteiger partial charge on any atom is -0.495 e. The summed E-state index contributed by atoms with van der Waals surface area (Å²) in [6.45, 7) is 12.2. The third kappa shape index (κ3) is 5.85. The molecule has 2 fully saturated rings. The highest BCUT2D eigenvalue weighted by molar-refractivity contribution is 5.58. The van der Waals surface area contributed by atoms with E-state index in [1.54, 1.807) is 7.11 Å². The maximum atomic E-state index is 10.5. The average molecular weight is 392 g/mol. The van der Waals surface area contributed by atoms with Gasteiger partial charge < -0.3 is 24.4 Å². The Kier molecular flexibility index (Phi) is 7.24. The van der Waals surface area contributed by atoms with Gasteiger partial charge in [-0.2, -0.15) is 0 Å². The Morgan fingerprint density at radius 1 is 1.21 bits per heavy atom. The molecule has 3 rings (SSSR count). The van der Waals surface area contributed by atoms with Gasteiger partial charge in [-0.3, -0.25) is 0 Å². The molecule has 28 heavy (non-hydrogen) atoms. The number of benzene rings is 1. The van der Waals surface area contributed by atoms with Crippen LogP contribution in [0.25, 0.3) is 0 Å². The van der Waals surface area contributed by atoms with Crippen LogP contribution in [-0.4, -0.2) is 63.8 Å². The fraction of sp³-hybridized carbons (Fsp3) is 0.739. The second kappa shape index (κ2) is 9.47. The Labute approximate surface area is 170 Å². The van der Waals surface area contributed by atoms with E-state index in [9.17, 15) is 5.11 Å². The van der Waals surface area contributed by atoms with Crippen LogP contribution >= 0.6 is 0 Å². The van der Waals surface area contributed by atoms with Crippen LogP contribution in [0.5, 0.6) is 5.75 Å². The van der Waals surface area contributed by atoms with Crippen molar-refractivity contribution in [1.82, 2.24) is 0 Å². The molecule has 1 aromatic rings. The Balaban J connectivity index is 1.41. The number of piperazine rings is 1. The summed E-state index contributed by atoms with van der Waals surface area (Å²) in [5, 5.41) is 10.5. The predicted molar refractivity (Wildman–Crippen MR) is 113 cm³/mol. The van der Waals surface area contributed by atoms with Gasteiger partial charge in [0.1, 0.15) is 18.4 Å². The van der Waals surface area contributed by atoms with Crippen LogP contribution in [0.4, 0.5) is 5.69 Å². The molecule has 0 aromatic heterocycles. The fourth-order valence-corrected chi connectivity index (χ4v) is 5.18. The molecule has 1 heterocycles. The smallest absolute Gasteiger partial charge is 0.142 e. The van der Waals surface area contributed by atoms with Crippen LogP contribution in [0.2, 0.25) is 0 Å². The van der Waals surface area contributed by atoms with Crippen LogP contribution in [0.1, 0.15) is 40.0 Å². The van der Waals surface area contributed by atoms with E-state index < -0.39 is 0 Å². The maximum Gasteiger partial charge on any atom is 0.142 e. The molecule has 2 aliphatic rings. The first-order valence-corrected chi connectivity index (χ1v) is 10.9. The van der Waals surface area contributed by atoms with E-state index in [-0.39, 0.29) is 6.10 Å². The zero-order valence-corrected chi connectivity index (χ0v) is 18.1. The van der Waals surface area contributed by atoms with Crippen molar-refractivity contribution >= 4 is 5.69 Å². The van der Waals surface area contributed by atoms with Crippen molar-refractivity contribution < 1.29 is 19.5 Å². The lowest BCUT2D eigenvalue weighted by molar-refractivity contribution is -0.903. The van der Waals surface area contributed by atoms with Crippen molar-refractivity contribution in [2.75, 3.05) is 51.3 Å². The van der Waals surface area contributed by atoms with Crippen LogP contribution < -0.4 is 14.5 Å². The Morgan fingerprint density at radius 2 is 1.93 bits per heavy atom. The highest BCUT2D eigenvalue weighted by Gasteiger charge is 2.33. The van der Waals surface area contributed by atoms with E-state index in [0.29, 0.717) is 24.0 Å². The Bertz CT molecular complexity index is 614. The van der Waals surface area contributed by atoms with E-state index in [1.807, 2.05) is 12.1 Å². The van der Waals surface area contributed by atoms with Gasteiger partial charge in [-0.05, 0) is 42.7 Å². The molecule has 2 N–H and O–H groups in total. The summed E-state index contributed by atoms with van der Waals surface area (Å²) in [6.07, 6.45) is 3.42. The van der Waals surface area contributed by atoms with Crippen molar-refractivity contribution in [3.05, 3.63) is 24.3 Å². The molecule has 1 aromatic carbocycles. The number of aliphatic hydroxyl groups is 1. The fourth-order valence-electron chi connectivity index (χ4n) is 5.18. The summed E-state index contributed by atoms with van der Waals surface area (Å²) in [6, 6.07) is 8.21. The molecule has 158 valence electrons. The minimum atomic E-state index is -0.381. The number of quaternary nitrogens is 1. The first kappa shape index (κ1) is 21.4. The zero-order valence-electron chi connectivity index (χ0n) is 18.1. The van der Waals surface area contributed by atoms with Crippen LogP contribution in [0.3, 0.4) is 0 Å². The number of ether oxygens (including phenoxy) is 2. The number of nitrogens with one attached hydrogen (secondary N) is 1. The van der Waals surface area contributed by atoms with Gasteiger partial charge in [-0.15, -0.1) is 0 Å². The largest absolute Gasteiger partial charge is 0.495 e. The van der Waals surface area contributed by atoms with Gasteiger partial charge in [-0.1, -0.05) is 32.9 Å². The van der Waals surface area contributed by atoms with Gasteiger partial charge in [0.25, 0.3) is 0 Å². The predicted octanol–water partition coefficient (Wildman–Crippen LogP) is 1.99. The molecular weight excluding hydrogens is 352 g/mol. The number of nitrogens with zero attached hydrogens (tertiary/aromatic N) is 1. The van der Waals surface area contributed by atoms with E-state index in [0.717, 1.165) is 51.3 Å². The van der Waals surface area contributed by atoms with Crippen LogP contribution in [0, 0.1) is 11.3 Å². The van der Waals surface area contributed by atoms with Crippen LogP contribution in [0.15, 0.2) is 24.3 Å². The van der Waals surface area contributed by atoms with Crippen LogP contribution in [-0.2, 0) is 4.74 Å². The molecule has 0 unspecified atom stereocenters. The van der Waals surface area contributed by atoms with Gasteiger partial charge in [-0.25, -0.2) is 0 Å². The van der Waals surface area contributed by atoms with Gasteiger partial charge in [0.2, 0.25) is 0 Å². The molecule has 3 atom stereocenters. The Morgan fingerprint density at radius 3 is 2.61 bits per heavy atom. The van der Waals surface area contributed by atoms with E-state index >= 15 is 0 Å². The summed E-state index contributed by atoms with van der Waals surface area (Å²) in [5.74, 6) is 1.64. The molecule has 0 radical (unpaired) electrons. The number of hydrogen-bond acceptors (Lipinski definition) is 4. The minimum absolute atomic E-state index is 0.297. The average Bonchev–Trinajstić information content (AvgIpc) is 2.65. The number of methoxy groups -OCH3 is 1. The molecule has 1 saturated carbocycles. The van der Waals surface area contributed by atoms with Gasteiger partial charge in [0.05, 0.1) is 51.7 Å². The lowest BCUT2D eigenvalue weighted by Crippen LogP contribution is -3.16. The number of aliphatic hydroxyl groups excluding tert-OH is 1. The highest BCUT2D eigenvalue weighted by atomic mass is 16.5. The molecule has 0 spiro atoms. The maximum absolute atomic E-state index is 10.5. The van der Waals surface area contributed by atoms with Crippen molar-refractivity contribution in [2.24, 2.45) is 11.3 Å². The third-order valence-corrected chi connectivity index (χ3v) is 6.29. The number of rotatable bonds is 7. The lowest BCUT2D eigenvalue weighted by atomic mass is 9.71. The lowest BCUT2D eigenvalue weighted by Gasteiger charge is -2.39. The molecule has 0 amide bonds. The normalized spacial score (nSPS) is 26.8. The topological polar surface area (TPSA) is 46.4 Å². The molecular formula is C23H39N2O3+. The standard InChI is InChI=1S/C23H38N2O3/c1-18-13-20(15-23(2,3)14-18)28-17-19(26)16-24-9-11-25(12-10-24)21-7-5-6-8-22(21)27-4/h5-8,18-20,26H,9-17H2,1-4H3/p+1/t18-,19+,20-/m0/s1. The summed E-state index contributed by atoms with van der Waals surface area (Å²) in [7, 11) is 1.73. The molecule has 1 aliphatic carbocycles. The number of para-hydroxylation sites is 2. The van der Waals surface area contributed by atoms with Crippen molar-refractivity contribution in [3.8, 4) is 5.75 Å². The van der Waals surface area contributed by atoms with Crippen molar-refractivity contribution in [2.45, 2.75) is 52.2 Å². The van der Waals surface area contributed by atoms with Gasteiger partial charge >= 0.3 is 0 Å². The molecule has 1 aliphatic heterocycles. The molecule has 0 bridgehead atoms. The first-order chi connectivity index (χ1) is 13.4. The molecule has 1 saturated heterocycles. The van der Waals surface area contributed by atoms with E-state index in [1.165, 1.54) is 17.0 Å². The van der Waals surface area contributed by atoms with Gasteiger partial charge in [0.15, 0.2) is 0 Å². The second-order valence-corrected chi connectivity index (χ2v) is 9.64. The quantitative estimate of drug-likeness (QED) is 0.746. The zero-order chi connectivity index (χ0) is 20.1. The summed E-state index contributed by atoms with van der Waals surface area (Å²) in [5.41, 5.74) is 1.52. The first-order valence-electron chi connectivity index (χ1n) is 10.9. The second-order valence-electron chi connectivity index (χ2n) is 9.64. The number of anilines is 1. The van der Waals surface area contributed by atoms with E-state index in [4.69, 9.17) is 9.47 Å². The van der Waals surface area contributed by atoms with Gasteiger partial charge in [0, 0.05) is 0 Å². The summed E-state index contributed by atoms with van der Waals surface area (Å²) >= 11 is 0. The molecule has 5 nitrogen and oxygen atoms in total. The van der Waals surface area contributed by atoms with E-state index in [2.05, 4.69) is 37.8 Å². The Hall–Kier alpha value is -1.30. The highest BCUT2D eigenvalue weighted by Crippen LogP contribution is 2.39. The monoisotopic (exact) mass is 391 g/mol. The number of hydrogen-bond donors (Lipinski definition) is 2. The summed E-state index contributed by atoms with van der Waals surface area (Å²) in [4.78, 5) is 3.84. The molecule has 5 heteroatoms. The SMILES string of the molecule is COc1ccccc1N1CC[NH+](C[C@@H](O)CO[C@H]2C[C@H](C)CC(C)(C)C2)CC1. The summed E-state index contributed by atoms with van der Waals surface area (Å²) < 4.78 is 11.6. The third-order valence-electron chi connectivity index (χ3n) is 6.29. The van der Waals surface area contributed by atoms with Crippen molar-refractivity contribution in [1.29, 1.82) is 0 Å². The van der Waals surface area contributed by atoms with Crippen molar-refractivity contribution in [3.63, 3.8) is 0 Å².